The molecular formula is C12H19N3O2. The van der Waals surface area contributed by atoms with E-state index in [4.69, 9.17) is 0 Å². The van der Waals surface area contributed by atoms with Crippen LogP contribution >= 0.6 is 0 Å². The largest absolute Gasteiger partial charge is 0.382 e. The van der Waals surface area contributed by atoms with E-state index >= 15 is 0 Å². The van der Waals surface area contributed by atoms with Gasteiger partial charge in [0.05, 0.1) is 4.92 Å². The van der Waals surface area contributed by atoms with Crippen molar-refractivity contribution in [2.45, 2.75) is 31.7 Å². The summed E-state index contributed by atoms with van der Waals surface area (Å²) in [7, 11) is 1.50. The van der Waals surface area contributed by atoms with E-state index in [-0.39, 0.29) is 10.6 Å². The van der Waals surface area contributed by atoms with Gasteiger partial charge in [-0.3, -0.25) is 10.1 Å². The number of anilines is 1. The molecule has 1 fully saturated rings. The summed E-state index contributed by atoms with van der Waals surface area (Å²) >= 11 is 0. The van der Waals surface area contributed by atoms with E-state index in [1.54, 1.807) is 12.1 Å². The second-order valence-electron chi connectivity index (χ2n) is 3.93. The highest BCUT2D eigenvalue weighted by Gasteiger charge is 2.14. The first kappa shape index (κ1) is 13.4. The zero-order valence-corrected chi connectivity index (χ0v) is 10.1. The van der Waals surface area contributed by atoms with E-state index in [0.29, 0.717) is 6.04 Å². The monoisotopic (exact) mass is 237 g/mol. The molecule has 1 aliphatic rings. The average Bonchev–Trinajstić information content (AvgIpc) is 2.85. The lowest BCUT2D eigenvalue weighted by atomic mass is 10.2. The minimum Gasteiger partial charge on any atom is -0.382 e. The van der Waals surface area contributed by atoms with Gasteiger partial charge in [-0.2, -0.15) is 0 Å². The lowest BCUT2D eigenvalue weighted by molar-refractivity contribution is -0.384. The Kier molecular flexibility index (Phi) is 5.42. The minimum absolute atomic E-state index is 0.145. The molecule has 2 rings (SSSR count). The second kappa shape index (κ2) is 6.85. The standard InChI is InChI=1S/C11H14N2O2.CH5N/c14-13(15)11-7-5-10(6-8-11)12-9-3-1-2-4-9;1-2/h5-9,12H,1-4H2;2H2,1H3. The number of nitrogens with zero attached hydrogens (tertiary/aromatic N) is 1. The topological polar surface area (TPSA) is 81.2 Å². The number of nitro benzene ring substituents is 1. The van der Waals surface area contributed by atoms with Crippen LogP contribution in [0.15, 0.2) is 24.3 Å². The van der Waals surface area contributed by atoms with Gasteiger partial charge in [0.15, 0.2) is 0 Å². The van der Waals surface area contributed by atoms with Gasteiger partial charge in [-0.05, 0) is 32.0 Å². The molecule has 1 saturated carbocycles. The van der Waals surface area contributed by atoms with Gasteiger partial charge in [-0.15, -0.1) is 0 Å². The number of rotatable bonds is 3. The van der Waals surface area contributed by atoms with Crippen LogP contribution in [0.3, 0.4) is 0 Å². The van der Waals surface area contributed by atoms with E-state index in [9.17, 15) is 10.1 Å². The Bertz CT molecular complexity index is 345. The Morgan fingerprint density at radius 1 is 1.24 bits per heavy atom. The van der Waals surface area contributed by atoms with Crippen LogP contribution in [0.25, 0.3) is 0 Å². The summed E-state index contributed by atoms with van der Waals surface area (Å²) in [6.45, 7) is 0. The van der Waals surface area contributed by atoms with Gasteiger partial charge in [0.2, 0.25) is 0 Å². The Labute approximate surface area is 101 Å². The first-order valence-corrected chi connectivity index (χ1v) is 5.84. The van der Waals surface area contributed by atoms with E-state index in [1.165, 1.54) is 44.9 Å². The van der Waals surface area contributed by atoms with Crippen molar-refractivity contribution in [3.63, 3.8) is 0 Å². The molecule has 1 aliphatic carbocycles. The third-order valence-electron chi connectivity index (χ3n) is 2.80. The van der Waals surface area contributed by atoms with Gasteiger partial charge in [0.1, 0.15) is 0 Å². The van der Waals surface area contributed by atoms with E-state index in [1.807, 2.05) is 0 Å². The van der Waals surface area contributed by atoms with Gasteiger partial charge < -0.3 is 11.1 Å². The molecule has 0 amide bonds. The SMILES string of the molecule is CN.O=[N+]([O-])c1ccc(NC2CCCC2)cc1. The Morgan fingerprint density at radius 2 is 1.76 bits per heavy atom. The molecule has 0 heterocycles. The minimum atomic E-state index is -0.376. The van der Waals surface area contributed by atoms with Crippen molar-refractivity contribution in [1.29, 1.82) is 0 Å². The van der Waals surface area contributed by atoms with Crippen molar-refractivity contribution in [2.75, 3.05) is 12.4 Å². The molecule has 0 radical (unpaired) electrons. The van der Waals surface area contributed by atoms with Crippen LogP contribution < -0.4 is 11.1 Å². The van der Waals surface area contributed by atoms with Crippen molar-refractivity contribution >= 4 is 11.4 Å². The summed E-state index contributed by atoms with van der Waals surface area (Å²) in [6.07, 6.45) is 4.98. The normalized spacial score (nSPS) is 14.9. The summed E-state index contributed by atoms with van der Waals surface area (Å²) < 4.78 is 0. The number of nitrogens with two attached hydrogens (primary N) is 1. The maximum atomic E-state index is 10.4. The van der Waals surface area contributed by atoms with Crippen LogP contribution in [0.5, 0.6) is 0 Å². The molecular weight excluding hydrogens is 218 g/mol. The molecule has 0 atom stereocenters. The quantitative estimate of drug-likeness (QED) is 0.625. The number of benzene rings is 1. The Hall–Kier alpha value is -1.62. The lowest BCUT2D eigenvalue weighted by Crippen LogP contribution is -2.14. The molecule has 0 aliphatic heterocycles. The van der Waals surface area contributed by atoms with Crippen molar-refractivity contribution in [2.24, 2.45) is 5.73 Å². The molecule has 1 aromatic carbocycles. The number of nitro groups is 1. The molecule has 0 saturated heterocycles. The highest BCUT2D eigenvalue weighted by Crippen LogP contribution is 2.23. The maximum Gasteiger partial charge on any atom is 0.269 e. The second-order valence-corrected chi connectivity index (χ2v) is 3.93. The molecule has 3 N–H and O–H groups in total. The Morgan fingerprint density at radius 3 is 2.24 bits per heavy atom. The van der Waals surface area contributed by atoms with Gasteiger partial charge >= 0.3 is 0 Å². The van der Waals surface area contributed by atoms with Crippen molar-refractivity contribution in [3.8, 4) is 0 Å². The summed E-state index contributed by atoms with van der Waals surface area (Å²) in [4.78, 5) is 10.1. The highest BCUT2D eigenvalue weighted by molar-refractivity contribution is 5.49. The fourth-order valence-corrected chi connectivity index (χ4v) is 1.99. The summed E-state index contributed by atoms with van der Waals surface area (Å²) in [6, 6.07) is 7.17. The molecule has 94 valence electrons. The number of hydrogen-bond acceptors (Lipinski definition) is 4. The fourth-order valence-electron chi connectivity index (χ4n) is 1.99. The van der Waals surface area contributed by atoms with Crippen LogP contribution in [0.4, 0.5) is 11.4 Å². The van der Waals surface area contributed by atoms with Crippen LogP contribution in [0.1, 0.15) is 25.7 Å². The predicted molar refractivity (Wildman–Crippen MR) is 69.1 cm³/mol. The summed E-state index contributed by atoms with van der Waals surface area (Å²) in [5, 5.41) is 13.8. The molecule has 0 aromatic heterocycles. The Balaban J connectivity index is 0.000000686. The van der Waals surface area contributed by atoms with Crippen molar-refractivity contribution < 1.29 is 4.92 Å². The average molecular weight is 237 g/mol. The van der Waals surface area contributed by atoms with Gasteiger partial charge in [-0.1, -0.05) is 12.8 Å². The van der Waals surface area contributed by atoms with E-state index in [2.05, 4.69) is 11.1 Å². The van der Waals surface area contributed by atoms with Gasteiger partial charge in [-0.25, -0.2) is 0 Å². The number of hydrogen-bond donors (Lipinski definition) is 2. The third kappa shape index (κ3) is 4.03. The number of nitrogens with one attached hydrogen (secondary N) is 1. The zero-order valence-electron chi connectivity index (χ0n) is 10.1. The van der Waals surface area contributed by atoms with Crippen LogP contribution in [-0.2, 0) is 0 Å². The fraction of sp³-hybridized carbons (Fsp3) is 0.500. The molecule has 1 aromatic rings. The predicted octanol–water partition coefficient (Wildman–Crippen LogP) is 2.52. The molecule has 17 heavy (non-hydrogen) atoms. The van der Waals surface area contributed by atoms with Crippen LogP contribution in [0.2, 0.25) is 0 Å². The smallest absolute Gasteiger partial charge is 0.269 e. The van der Waals surface area contributed by atoms with Gasteiger partial charge in [0.25, 0.3) is 5.69 Å². The molecule has 0 spiro atoms. The molecule has 5 nitrogen and oxygen atoms in total. The first-order chi connectivity index (χ1) is 8.25. The molecule has 0 unspecified atom stereocenters. The molecule has 5 heteroatoms. The van der Waals surface area contributed by atoms with Crippen LogP contribution in [0, 0.1) is 10.1 Å². The number of non-ortho nitro benzene ring substituents is 1. The summed E-state index contributed by atoms with van der Waals surface area (Å²) in [5.41, 5.74) is 5.62. The lowest BCUT2D eigenvalue weighted by Gasteiger charge is -2.12. The molecule has 0 bridgehead atoms. The maximum absolute atomic E-state index is 10.4. The highest BCUT2D eigenvalue weighted by atomic mass is 16.6. The zero-order chi connectivity index (χ0) is 12.7. The summed E-state index contributed by atoms with van der Waals surface area (Å²) in [5.74, 6) is 0. The third-order valence-corrected chi connectivity index (χ3v) is 2.80. The van der Waals surface area contributed by atoms with Crippen molar-refractivity contribution in [3.05, 3.63) is 34.4 Å². The van der Waals surface area contributed by atoms with Gasteiger partial charge in [0, 0.05) is 23.9 Å². The van der Waals surface area contributed by atoms with E-state index < -0.39 is 0 Å². The van der Waals surface area contributed by atoms with Crippen molar-refractivity contribution in [1.82, 2.24) is 0 Å². The van der Waals surface area contributed by atoms with E-state index in [0.717, 1.165) is 5.69 Å². The van der Waals surface area contributed by atoms with Crippen LogP contribution in [-0.4, -0.2) is 18.0 Å². The first-order valence-electron chi connectivity index (χ1n) is 5.84.